The van der Waals surface area contributed by atoms with Gasteiger partial charge in [0.15, 0.2) is 0 Å². The van der Waals surface area contributed by atoms with E-state index in [1.54, 1.807) is 36.4 Å². The summed E-state index contributed by atoms with van der Waals surface area (Å²) in [4.78, 5) is 24.6. The molecule has 39 heavy (non-hydrogen) atoms. The van der Waals surface area contributed by atoms with Gasteiger partial charge in [-0.3, -0.25) is 0 Å². The molecule has 0 aliphatic heterocycles. The number of ether oxygens (including phenoxy) is 3. The normalized spacial score (nSPS) is 17.1. The van der Waals surface area contributed by atoms with E-state index >= 15 is 0 Å². The largest absolute Gasteiger partial charge is 0.462 e. The lowest BCUT2D eigenvalue weighted by molar-refractivity contribution is -0.137. The molecule has 4 N–H and O–H groups in total. The van der Waals surface area contributed by atoms with Crippen LogP contribution in [0.15, 0.2) is 61.2 Å². The Morgan fingerprint density at radius 3 is 2.23 bits per heavy atom. The monoisotopic (exact) mass is 534 g/mol. The van der Waals surface area contributed by atoms with Gasteiger partial charge in [0.2, 0.25) is 0 Å². The molecule has 0 bridgehead atoms. The van der Waals surface area contributed by atoms with E-state index in [0.717, 1.165) is 56.3 Å². The molecule has 1 aliphatic carbocycles. The first-order valence-electron chi connectivity index (χ1n) is 14.0. The molecule has 3 rings (SSSR count). The molecule has 0 radical (unpaired) electrons. The van der Waals surface area contributed by atoms with E-state index in [1.165, 1.54) is 25.3 Å². The van der Waals surface area contributed by atoms with Crippen molar-refractivity contribution in [2.24, 2.45) is 0 Å². The summed E-state index contributed by atoms with van der Waals surface area (Å²) in [5, 5.41) is 0. The van der Waals surface area contributed by atoms with Crippen LogP contribution in [0.2, 0.25) is 0 Å². The smallest absolute Gasteiger partial charge is 0.338 e. The molecule has 1 saturated carbocycles. The SMILES string of the molecule is C=CCCCCCCOC1CCC(OC(=O)c2ccc(C=CC(=O)OCCc3cc(N)cc(N)c3)cc2)CC1. The molecule has 1 aliphatic rings. The van der Waals surface area contributed by atoms with Crippen molar-refractivity contribution in [2.75, 3.05) is 24.7 Å². The third-order valence-electron chi connectivity index (χ3n) is 6.78. The summed E-state index contributed by atoms with van der Waals surface area (Å²) in [5.41, 5.74) is 14.9. The fourth-order valence-corrected chi connectivity index (χ4v) is 4.63. The summed E-state index contributed by atoms with van der Waals surface area (Å²) < 4.78 is 17.0. The molecule has 210 valence electrons. The average molecular weight is 535 g/mol. The predicted octanol–water partition coefficient (Wildman–Crippen LogP) is 6.27. The van der Waals surface area contributed by atoms with Gasteiger partial charge in [0.25, 0.3) is 0 Å². The van der Waals surface area contributed by atoms with Crippen molar-refractivity contribution in [1.29, 1.82) is 0 Å². The second kappa shape index (κ2) is 16.4. The zero-order chi connectivity index (χ0) is 27.9. The van der Waals surface area contributed by atoms with Crippen molar-refractivity contribution in [3.05, 3.63) is 77.9 Å². The number of anilines is 2. The van der Waals surface area contributed by atoms with Crippen molar-refractivity contribution >= 4 is 29.4 Å². The summed E-state index contributed by atoms with van der Waals surface area (Å²) in [6.07, 6.45) is 15.0. The minimum absolute atomic E-state index is 0.0747. The topological polar surface area (TPSA) is 114 Å². The van der Waals surface area contributed by atoms with Crippen molar-refractivity contribution in [2.45, 2.75) is 76.4 Å². The number of nitrogens with two attached hydrogens (primary N) is 2. The van der Waals surface area contributed by atoms with Crippen molar-refractivity contribution < 1.29 is 23.8 Å². The Morgan fingerprint density at radius 1 is 0.872 bits per heavy atom. The van der Waals surface area contributed by atoms with Gasteiger partial charge in [-0.1, -0.05) is 31.1 Å². The number of carbonyl (C=O) groups is 2. The number of benzene rings is 2. The Hall–Kier alpha value is -3.58. The molecular weight excluding hydrogens is 492 g/mol. The van der Waals surface area contributed by atoms with E-state index in [2.05, 4.69) is 6.58 Å². The van der Waals surface area contributed by atoms with Crippen LogP contribution in [0, 0.1) is 0 Å². The van der Waals surface area contributed by atoms with Crippen LogP contribution in [0.25, 0.3) is 6.08 Å². The second-order valence-electron chi connectivity index (χ2n) is 10.0. The Kier molecular flexibility index (Phi) is 12.6. The molecule has 2 aromatic carbocycles. The van der Waals surface area contributed by atoms with E-state index in [0.29, 0.717) is 23.4 Å². The molecule has 7 heteroatoms. The zero-order valence-corrected chi connectivity index (χ0v) is 22.8. The maximum atomic E-state index is 12.6. The van der Waals surface area contributed by atoms with E-state index in [1.807, 2.05) is 18.2 Å². The molecule has 0 aromatic heterocycles. The Bertz CT molecular complexity index is 1070. The number of hydrogen-bond acceptors (Lipinski definition) is 7. The molecule has 1 fully saturated rings. The van der Waals surface area contributed by atoms with Gasteiger partial charge < -0.3 is 25.7 Å². The summed E-state index contributed by atoms with van der Waals surface area (Å²) in [5.74, 6) is -0.769. The number of nitrogen functional groups attached to an aromatic ring is 2. The highest BCUT2D eigenvalue weighted by Gasteiger charge is 2.24. The number of carbonyl (C=O) groups excluding carboxylic acids is 2. The lowest BCUT2D eigenvalue weighted by atomic mass is 9.95. The van der Waals surface area contributed by atoms with Gasteiger partial charge in [0, 0.05) is 30.5 Å². The van der Waals surface area contributed by atoms with Gasteiger partial charge in [0.1, 0.15) is 6.10 Å². The quantitative estimate of drug-likeness (QED) is 0.0910. The molecule has 0 amide bonds. The average Bonchev–Trinajstić information content (AvgIpc) is 2.92. The molecule has 0 unspecified atom stereocenters. The first-order chi connectivity index (χ1) is 18.9. The van der Waals surface area contributed by atoms with Crippen LogP contribution in [0.1, 0.15) is 79.3 Å². The summed E-state index contributed by atoms with van der Waals surface area (Å²) >= 11 is 0. The van der Waals surface area contributed by atoms with Crippen LogP contribution in [0.3, 0.4) is 0 Å². The van der Waals surface area contributed by atoms with Crippen LogP contribution in [0.5, 0.6) is 0 Å². The Morgan fingerprint density at radius 2 is 1.54 bits per heavy atom. The highest BCUT2D eigenvalue weighted by atomic mass is 16.5. The van der Waals surface area contributed by atoms with Gasteiger partial charge in [-0.15, -0.1) is 6.58 Å². The summed E-state index contributed by atoms with van der Waals surface area (Å²) in [7, 11) is 0. The fraction of sp³-hybridized carbons (Fsp3) is 0.438. The Labute approximate surface area is 232 Å². The standard InChI is InChI=1S/C32H42N2O5/c1-2-3-4-5-6-7-19-37-29-13-15-30(16-14-29)39-32(36)26-11-8-24(9-12-26)10-17-31(35)38-20-18-25-21-27(33)23-28(34)22-25/h2,8-12,17,21-23,29-30H,1,3-7,13-16,18-20,33-34H2. The van der Waals surface area contributed by atoms with Gasteiger partial charge in [-0.25, -0.2) is 9.59 Å². The van der Waals surface area contributed by atoms with Crippen molar-refractivity contribution in [1.82, 2.24) is 0 Å². The van der Waals surface area contributed by atoms with Gasteiger partial charge in [-0.2, -0.15) is 0 Å². The van der Waals surface area contributed by atoms with Gasteiger partial charge in [-0.05, 0) is 92.5 Å². The molecular formula is C32H42N2O5. The molecule has 2 aromatic rings. The molecule has 0 spiro atoms. The summed E-state index contributed by atoms with van der Waals surface area (Å²) in [6, 6.07) is 12.3. The van der Waals surface area contributed by atoms with Crippen LogP contribution >= 0.6 is 0 Å². The lowest BCUT2D eigenvalue weighted by Crippen LogP contribution is -2.28. The van der Waals surface area contributed by atoms with E-state index in [9.17, 15) is 9.59 Å². The Balaban J connectivity index is 1.32. The highest BCUT2D eigenvalue weighted by Crippen LogP contribution is 2.25. The van der Waals surface area contributed by atoms with E-state index in [-0.39, 0.29) is 24.8 Å². The van der Waals surface area contributed by atoms with Crippen LogP contribution < -0.4 is 11.5 Å². The maximum absolute atomic E-state index is 12.6. The number of esters is 2. The number of rotatable bonds is 15. The van der Waals surface area contributed by atoms with Crippen LogP contribution in [-0.2, 0) is 25.4 Å². The molecule has 0 atom stereocenters. The number of hydrogen-bond donors (Lipinski definition) is 2. The van der Waals surface area contributed by atoms with Gasteiger partial charge in [0.05, 0.1) is 18.3 Å². The van der Waals surface area contributed by atoms with Crippen molar-refractivity contribution in [3.63, 3.8) is 0 Å². The number of unbranched alkanes of at least 4 members (excludes halogenated alkanes) is 4. The van der Waals surface area contributed by atoms with Gasteiger partial charge >= 0.3 is 11.9 Å². The lowest BCUT2D eigenvalue weighted by Gasteiger charge is -2.28. The van der Waals surface area contributed by atoms with E-state index in [4.69, 9.17) is 25.7 Å². The summed E-state index contributed by atoms with van der Waals surface area (Å²) in [6.45, 7) is 4.78. The second-order valence-corrected chi connectivity index (χ2v) is 10.0. The minimum atomic E-state index is -0.446. The molecule has 0 saturated heterocycles. The third kappa shape index (κ3) is 11.4. The van der Waals surface area contributed by atoms with Crippen molar-refractivity contribution in [3.8, 4) is 0 Å². The minimum Gasteiger partial charge on any atom is -0.462 e. The van der Waals surface area contributed by atoms with Crippen LogP contribution in [0.4, 0.5) is 11.4 Å². The highest BCUT2D eigenvalue weighted by molar-refractivity contribution is 5.90. The maximum Gasteiger partial charge on any atom is 0.338 e. The number of allylic oxidation sites excluding steroid dienone is 1. The third-order valence-corrected chi connectivity index (χ3v) is 6.78. The molecule has 7 nitrogen and oxygen atoms in total. The van der Waals surface area contributed by atoms with E-state index < -0.39 is 5.97 Å². The zero-order valence-electron chi connectivity index (χ0n) is 22.8. The van der Waals surface area contributed by atoms with Crippen LogP contribution in [-0.4, -0.2) is 37.4 Å². The fourth-order valence-electron chi connectivity index (χ4n) is 4.63. The first-order valence-corrected chi connectivity index (χ1v) is 14.0. The first kappa shape index (κ1) is 30.0. The molecule has 0 heterocycles. The predicted molar refractivity (Wildman–Crippen MR) is 156 cm³/mol.